The highest BCUT2D eigenvalue weighted by atomic mass is 32.1. The van der Waals surface area contributed by atoms with Crippen molar-refractivity contribution >= 4 is 28.3 Å². The van der Waals surface area contributed by atoms with E-state index < -0.39 is 11.6 Å². The summed E-state index contributed by atoms with van der Waals surface area (Å²) in [4.78, 5) is 6.52. The molecule has 0 saturated carbocycles. The minimum atomic E-state index is -0.897. The zero-order valence-electron chi connectivity index (χ0n) is 11.7. The highest BCUT2D eigenvalue weighted by Crippen LogP contribution is 2.29. The van der Waals surface area contributed by atoms with Crippen LogP contribution < -0.4 is 5.73 Å². The molecule has 110 valence electrons. The van der Waals surface area contributed by atoms with Crippen LogP contribution in [-0.4, -0.2) is 9.55 Å². The number of nitrogens with two attached hydrogens (primary N) is 1. The van der Waals surface area contributed by atoms with Crippen molar-refractivity contribution in [2.24, 2.45) is 0 Å². The van der Waals surface area contributed by atoms with E-state index in [0.717, 1.165) is 6.07 Å². The third-order valence-corrected chi connectivity index (χ3v) is 4.53. The van der Waals surface area contributed by atoms with Crippen LogP contribution in [0.5, 0.6) is 0 Å². The Hall–Kier alpha value is -1.95. The number of hydrogen-bond acceptors (Lipinski definition) is 3. The number of anilines is 1. The Morgan fingerprint density at radius 3 is 2.71 bits per heavy atom. The zero-order chi connectivity index (χ0) is 15.1. The van der Waals surface area contributed by atoms with Crippen LogP contribution in [0.25, 0.3) is 11.0 Å². The van der Waals surface area contributed by atoms with E-state index in [9.17, 15) is 8.78 Å². The summed E-state index contributed by atoms with van der Waals surface area (Å²) in [6.45, 7) is 3.96. The van der Waals surface area contributed by atoms with Gasteiger partial charge in [-0.3, -0.25) is 0 Å². The number of nitrogens with zero attached hydrogens (tertiary/aromatic N) is 2. The minimum absolute atomic E-state index is 0.107. The maximum atomic E-state index is 14.1. The van der Waals surface area contributed by atoms with Gasteiger partial charge in [0.25, 0.3) is 0 Å². The maximum Gasteiger partial charge on any atom is 0.201 e. The van der Waals surface area contributed by atoms with Gasteiger partial charge in [0, 0.05) is 22.2 Å². The van der Waals surface area contributed by atoms with Gasteiger partial charge in [-0.25, -0.2) is 13.8 Å². The molecule has 0 aliphatic heterocycles. The Labute approximate surface area is 125 Å². The molecule has 0 aliphatic rings. The SMILES string of the molecule is Cc1ccc(CC(C)n2c(N)nc3ccc(F)c(F)c32)s1. The molecule has 0 fully saturated rings. The molecule has 0 bridgehead atoms. The molecular weight excluding hydrogens is 292 g/mol. The molecule has 0 radical (unpaired) electrons. The molecule has 0 amide bonds. The smallest absolute Gasteiger partial charge is 0.201 e. The first kappa shape index (κ1) is 14.0. The van der Waals surface area contributed by atoms with Gasteiger partial charge in [-0.05, 0) is 38.1 Å². The van der Waals surface area contributed by atoms with Crippen LogP contribution in [0.15, 0.2) is 24.3 Å². The summed E-state index contributed by atoms with van der Waals surface area (Å²) in [5, 5.41) is 0. The summed E-state index contributed by atoms with van der Waals surface area (Å²) < 4.78 is 29.1. The van der Waals surface area contributed by atoms with E-state index in [1.807, 2.05) is 26.0 Å². The average Bonchev–Trinajstić information content (AvgIpc) is 2.97. The van der Waals surface area contributed by atoms with Gasteiger partial charge in [0.1, 0.15) is 5.52 Å². The maximum absolute atomic E-state index is 14.1. The number of hydrogen-bond donors (Lipinski definition) is 1. The molecule has 1 aromatic carbocycles. The van der Waals surface area contributed by atoms with E-state index >= 15 is 0 Å². The third-order valence-electron chi connectivity index (χ3n) is 3.50. The van der Waals surface area contributed by atoms with Crippen molar-refractivity contribution in [3.8, 4) is 0 Å². The van der Waals surface area contributed by atoms with Crippen LogP contribution in [0.2, 0.25) is 0 Å². The van der Waals surface area contributed by atoms with Crippen molar-refractivity contribution in [2.45, 2.75) is 26.3 Å². The predicted molar refractivity (Wildman–Crippen MR) is 81.5 cm³/mol. The molecule has 3 nitrogen and oxygen atoms in total. The first-order chi connectivity index (χ1) is 9.97. The molecule has 0 saturated heterocycles. The lowest BCUT2D eigenvalue weighted by Crippen LogP contribution is -2.11. The molecule has 1 atom stereocenters. The number of halogens is 2. The third kappa shape index (κ3) is 2.40. The quantitative estimate of drug-likeness (QED) is 0.792. The highest BCUT2D eigenvalue weighted by Gasteiger charge is 2.20. The van der Waals surface area contributed by atoms with E-state index in [-0.39, 0.29) is 17.5 Å². The highest BCUT2D eigenvalue weighted by molar-refractivity contribution is 7.11. The van der Waals surface area contributed by atoms with Gasteiger partial charge in [-0.2, -0.15) is 0 Å². The van der Waals surface area contributed by atoms with Crippen LogP contribution in [0.1, 0.15) is 22.7 Å². The van der Waals surface area contributed by atoms with Crippen molar-refractivity contribution in [3.63, 3.8) is 0 Å². The van der Waals surface area contributed by atoms with Gasteiger partial charge >= 0.3 is 0 Å². The lowest BCUT2D eigenvalue weighted by atomic mass is 10.2. The fourth-order valence-electron chi connectivity index (χ4n) is 2.56. The summed E-state index contributed by atoms with van der Waals surface area (Å²) in [6, 6.07) is 6.50. The molecule has 3 rings (SSSR count). The number of thiophene rings is 1. The van der Waals surface area contributed by atoms with Gasteiger partial charge in [0.15, 0.2) is 11.6 Å². The summed E-state index contributed by atoms with van der Waals surface area (Å²) in [5.41, 5.74) is 6.41. The van der Waals surface area contributed by atoms with Crippen LogP contribution in [-0.2, 0) is 6.42 Å². The first-order valence-electron chi connectivity index (χ1n) is 6.64. The number of aromatic nitrogens is 2. The van der Waals surface area contributed by atoms with Crippen molar-refractivity contribution < 1.29 is 8.78 Å². The number of imidazole rings is 1. The predicted octanol–water partition coefficient (Wildman–Crippen LogP) is 4.07. The second kappa shape index (κ2) is 5.11. The molecule has 6 heteroatoms. The van der Waals surface area contributed by atoms with Crippen molar-refractivity contribution in [1.82, 2.24) is 9.55 Å². The number of benzene rings is 1. The normalized spacial score (nSPS) is 13.0. The van der Waals surface area contributed by atoms with Gasteiger partial charge in [0.05, 0.1) is 5.52 Å². The summed E-state index contributed by atoms with van der Waals surface area (Å²) >= 11 is 1.69. The van der Waals surface area contributed by atoms with Crippen LogP contribution in [0.4, 0.5) is 14.7 Å². The molecule has 2 N–H and O–H groups in total. The Balaban J connectivity index is 2.06. The largest absolute Gasteiger partial charge is 0.369 e. The Morgan fingerprint density at radius 1 is 1.29 bits per heavy atom. The van der Waals surface area contributed by atoms with Crippen molar-refractivity contribution in [3.05, 3.63) is 45.7 Å². The number of aryl methyl sites for hydroxylation is 1. The van der Waals surface area contributed by atoms with Gasteiger partial charge < -0.3 is 10.3 Å². The molecule has 2 heterocycles. The Kier molecular flexibility index (Phi) is 3.41. The lowest BCUT2D eigenvalue weighted by molar-refractivity contribution is 0.502. The molecular formula is C15H15F2N3S. The second-order valence-corrected chi connectivity index (χ2v) is 6.51. The van der Waals surface area contributed by atoms with E-state index in [0.29, 0.717) is 11.9 Å². The Bertz CT molecular complexity index is 807. The first-order valence-corrected chi connectivity index (χ1v) is 7.45. The van der Waals surface area contributed by atoms with Gasteiger partial charge in [-0.1, -0.05) is 0 Å². The molecule has 2 aromatic heterocycles. The molecule has 1 unspecified atom stereocenters. The van der Waals surface area contributed by atoms with Crippen molar-refractivity contribution in [2.75, 3.05) is 5.73 Å². The molecule has 21 heavy (non-hydrogen) atoms. The number of rotatable bonds is 3. The van der Waals surface area contributed by atoms with E-state index in [4.69, 9.17) is 5.73 Å². The standard InChI is InChI=1S/C15H15F2N3S/c1-8(7-10-4-3-9(2)21-10)20-14-12(19-15(20)18)6-5-11(16)13(14)17/h3-6,8H,7H2,1-2H3,(H2,18,19). The fraction of sp³-hybridized carbons (Fsp3) is 0.267. The number of fused-ring (bicyclic) bond motifs is 1. The average molecular weight is 307 g/mol. The monoisotopic (exact) mass is 307 g/mol. The van der Waals surface area contributed by atoms with E-state index in [2.05, 4.69) is 4.98 Å². The minimum Gasteiger partial charge on any atom is -0.369 e. The zero-order valence-corrected chi connectivity index (χ0v) is 12.5. The van der Waals surface area contributed by atoms with Gasteiger partial charge in [0.2, 0.25) is 5.95 Å². The van der Waals surface area contributed by atoms with Crippen LogP contribution in [0, 0.1) is 18.6 Å². The van der Waals surface area contributed by atoms with Crippen molar-refractivity contribution in [1.29, 1.82) is 0 Å². The molecule has 0 spiro atoms. The molecule has 3 aromatic rings. The van der Waals surface area contributed by atoms with E-state index in [1.165, 1.54) is 15.8 Å². The topological polar surface area (TPSA) is 43.8 Å². The summed E-state index contributed by atoms with van der Waals surface area (Å²) in [7, 11) is 0. The molecule has 0 aliphatic carbocycles. The van der Waals surface area contributed by atoms with E-state index in [1.54, 1.807) is 15.9 Å². The van der Waals surface area contributed by atoms with Crippen LogP contribution in [0.3, 0.4) is 0 Å². The lowest BCUT2D eigenvalue weighted by Gasteiger charge is -2.15. The second-order valence-electron chi connectivity index (χ2n) is 5.13. The van der Waals surface area contributed by atoms with Crippen LogP contribution >= 0.6 is 11.3 Å². The summed E-state index contributed by atoms with van der Waals surface area (Å²) in [5.74, 6) is -1.58. The number of nitrogen functional groups attached to an aromatic ring is 1. The fourth-order valence-corrected chi connectivity index (χ4v) is 3.57. The summed E-state index contributed by atoms with van der Waals surface area (Å²) in [6.07, 6.45) is 0.699. The Morgan fingerprint density at radius 2 is 2.05 bits per heavy atom. The van der Waals surface area contributed by atoms with Gasteiger partial charge in [-0.15, -0.1) is 11.3 Å².